The Morgan fingerprint density at radius 1 is 1.41 bits per heavy atom. The Morgan fingerprint density at radius 2 is 2.18 bits per heavy atom. The van der Waals surface area contributed by atoms with E-state index < -0.39 is 0 Å². The van der Waals surface area contributed by atoms with Crippen LogP contribution in [-0.4, -0.2) is 21.6 Å². The van der Waals surface area contributed by atoms with Crippen LogP contribution in [0.3, 0.4) is 0 Å². The van der Waals surface area contributed by atoms with Gasteiger partial charge in [0.05, 0.1) is 0 Å². The molecule has 17 heavy (non-hydrogen) atoms. The van der Waals surface area contributed by atoms with Crippen molar-refractivity contribution in [2.45, 2.75) is 44.1 Å². The molecule has 1 aromatic rings. The number of anilines is 1. The molecule has 0 atom stereocenters. The molecule has 5 heteroatoms. The predicted molar refractivity (Wildman–Crippen MR) is 65.3 cm³/mol. The molecule has 1 amide bonds. The Morgan fingerprint density at radius 3 is 2.82 bits per heavy atom. The second-order valence-corrected chi connectivity index (χ2v) is 4.76. The second kappa shape index (κ2) is 5.23. The average Bonchev–Trinajstić information content (AvgIpc) is 2.30. The van der Waals surface area contributed by atoms with Crippen LogP contribution in [0.25, 0.3) is 0 Å². The van der Waals surface area contributed by atoms with E-state index in [9.17, 15) is 4.79 Å². The van der Waals surface area contributed by atoms with Crippen molar-refractivity contribution in [3.63, 3.8) is 0 Å². The van der Waals surface area contributed by atoms with Crippen molar-refractivity contribution < 1.29 is 4.79 Å². The van der Waals surface area contributed by atoms with E-state index in [1.807, 2.05) is 0 Å². The van der Waals surface area contributed by atoms with E-state index in [0.717, 1.165) is 25.7 Å². The monoisotopic (exact) mass is 234 g/mol. The molecule has 0 saturated heterocycles. The minimum Gasteiger partial charge on any atom is -0.325 e. The molecular formula is C12H18N4O. The molecule has 0 aliphatic heterocycles. The molecule has 0 spiro atoms. The maximum Gasteiger partial charge on any atom is 0.227 e. The third-order valence-corrected chi connectivity index (χ3v) is 3.20. The summed E-state index contributed by atoms with van der Waals surface area (Å²) in [6.07, 6.45) is 7.27. The van der Waals surface area contributed by atoms with E-state index in [-0.39, 0.29) is 11.4 Å². The number of nitrogens with two attached hydrogens (primary N) is 1. The van der Waals surface area contributed by atoms with Crippen LogP contribution >= 0.6 is 0 Å². The Hall–Kier alpha value is -1.49. The van der Waals surface area contributed by atoms with Gasteiger partial charge < -0.3 is 11.1 Å². The molecule has 1 fully saturated rings. The summed E-state index contributed by atoms with van der Waals surface area (Å²) in [6, 6.07) is 3.45. The fourth-order valence-corrected chi connectivity index (χ4v) is 2.31. The third-order valence-electron chi connectivity index (χ3n) is 3.20. The molecule has 1 saturated carbocycles. The highest BCUT2D eigenvalue weighted by Gasteiger charge is 2.29. The Balaban J connectivity index is 1.88. The molecule has 3 N–H and O–H groups in total. The Labute approximate surface area is 101 Å². The topological polar surface area (TPSA) is 80.9 Å². The average molecular weight is 234 g/mol. The third kappa shape index (κ3) is 3.49. The lowest BCUT2D eigenvalue weighted by Crippen LogP contribution is -2.44. The van der Waals surface area contributed by atoms with E-state index in [4.69, 9.17) is 5.73 Å². The summed E-state index contributed by atoms with van der Waals surface area (Å²) in [5.41, 5.74) is 5.89. The van der Waals surface area contributed by atoms with Crippen LogP contribution in [0.1, 0.15) is 38.5 Å². The van der Waals surface area contributed by atoms with Gasteiger partial charge in [0, 0.05) is 18.2 Å². The van der Waals surface area contributed by atoms with Crippen molar-refractivity contribution in [1.82, 2.24) is 10.2 Å². The largest absolute Gasteiger partial charge is 0.325 e. The van der Waals surface area contributed by atoms with Crippen LogP contribution in [0, 0.1) is 0 Å². The van der Waals surface area contributed by atoms with Crippen LogP contribution < -0.4 is 11.1 Å². The first-order valence-electron chi connectivity index (χ1n) is 6.04. The fourth-order valence-electron chi connectivity index (χ4n) is 2.31. The quantitative estimate of drug-likeness (QED) is 0.829. The summed E-state index contributed by atoms with van der Waals surface area (Å²) in [6.45, 7) is 0. The number of nitrogens with one attached hydrogen (secondary N) is 1. The summed E-state index contributed by atoms with van der Waals surface area (Å²) < 4.78 is 0. The number of aromatic nitrogens is 2. The highest BCUT2D eigenvalue weighted by Crippen LogP contribution is 2.28. The van der Waals surface area contributed by atoms with Gasteiger partial charge in [-0.05, 0) is 25.0 Å². The number of amides is 1. The summed E-state index contributed by atoms with van der Waals surface area (Å²) in [5, 5.41) is 10.2. The Kier molecular flexibility index (Phi) is 3.68. The van der Waals surface area contributed by atoms with Gasteiger partial charge in [0.25, 0.3) is 0 Å². The van der Waals surface area contributed by atoms with Gasteiger partial charge in [-0.1, -0.05) is 19.3 Å². The van der Waals surface area contributed by atoms with Crippen molar-refractivity contribution in [3.05, 3.63) is 18.3 Å². The first-order chi connectivity index (χ1) is 8.18. The molecular weight excluding hydrogens is 216 g/mol. The summed E-state index contributed by atoms with van der Waals surface area (Å²) in [5.74, 6) is 0.409. The minimum absolute atomic E-state index is 0.0742. The van der Waals surface area contributed by atoms with Gasteiger partial charge in [-0.15, -0.1) is 5.10 Å². The molecule has 5 nitrogen and oxygen atoms in total. The van der Waals surface area contributed by atoms with E-state index >= 15 is 0 Å². The number of carbonyl (C=O) groups is 1. The zero-order valence-electron chi connectivity index (χ0n) is 9.85. The van der Waals surface area contributed by atoms with E-state index in [2.05, 4.69) is 15.5 Å². The van der Waals surface area contributed by atoms with Crippen molar-refractivity contribution >= 4 is 11.7 Å². The molecule has 0 aromatic carbocycles. The van der Waals surface area contributed by atoms with E-state index in [1.165, 1.54) is 6.42 Å². The van der Waals surface area contributed by atoms with Gasteiger partial charge in [-0.2, -0.15) is 5.10 Å². The van der Waals surface area contributed by atoms with Gasteiger partial charge in [-0.25, -0.2) is 0 Å². The molecule has 1 heterocycles. The van der Waals surface area contributed by atoms with Gasteiger partial charge in [0.15, 0.2) is 5.82 Å². The maximum atomic E-state index is 11.8. The molecule has 92 valence electrons. The molecule has 2 rings (SSSR count). The lowest BCUT2D eigenvalue weighted by molar-refractivity contribution is -0.117. The van der Waals surface area contributed by atoms with E-state index in [1.54, 1.807) is 18.3 Å². The van der Waals surface area contributed by atoms with Crippen LogP contribution in [0.5, 0.6) is 0 Å². The highest BCUT2D eigenvalue weighted by atomic mass is 16.1. The van der Waals surface area contributed by atoms with Crippen LogP contribution in [0.4, 0.5) is 5.82 Å². The highest BCUT2D eigenvalue weighted by molar-refractivity contribution is 5.90. The first-order valence-corrected chi connectivity index (χ1v) is 6.04. The van der Waals surface area contributed by atoms with Crippen molar-refractivity contribution in [2.75, 3.05) is 5.32 Å². The molecule has 1 aromatic heterocycles. The van der Waals surface area contributed by atoms with Crippen molar-refractivity contribution in [1.29, 1.82) is 0 Å². The van der Waals surface area contributed by atoms with Crippen molar-refractivity contribution in [3.8, 4) is 0 Å². The molecule has 0 unspecified atom stereocenters. The zero-order valence-corrected chi connectivity index (χ0v) is 9.85. The maximum absolute atomic E-state index is 11.8. The zero-order chi connectivity index (χ0) is 12.1. The van der Waals surface area contributed by atoms with Crippen LogP contribution in [-0.2, 0) is 4.79 Å². The summed E-state index contributed by atoms with van der Waals surface area (Å²) >= 11 is 0. The number of rotatable bonds is 3. The fraction of sp³-hybridized carbons (Fsp3) is 0.583. The second-order valence-electron chi connectivity index (χ2n) is 4.76. The normalized spacial score (nSPS) is 18.6. The van der Waals surface area contributed by atoms with Gasteiger partial charge in [0.2, 0.25) is 5.91 Å². The number of hydrogen-bond donors (Lipinski definition) is 2. The lowest BCUT2D eigenvalue weighted by atomic mass is 9.80. The minimum atomic E-state index is -0.329. The standard InChI is InChI=1S/C12H18N4O/c13-12(6-2-1-3-7-12)9-11(17)15-10-5-4-8-14-16-10/h4-5,8H,1-3,6-7,9,13H2,(H,15,16,17). The first kappa shape index (κ1) is 12.0. The summed E-state index contributed by atoms with van der Waals surface area (Å²) in [4.78, 5) is 11.8. The predicted octanol–water partition coefficient (Wildman–Crippen LogP) is 1.47. The lowest BCUT2D eigenvalue weighted by Gasteiger charge is -2.32. The van der Waals surface area contributed by atoms with Gasteiger partial charge >= 0.3 is 0 Å². The molecule has 0 bridgehead atoms. The van der Waals surface area contributed by atoms with Crippen LogP contribution in [0.2, 0.25) is 0 Å². The van der Waals surface area contributed by atoms with Crippen LogP contribution in [0.15, 0.2) is 18.3 Å². The van der Waals surface area contributed by atoms with Gasteiger partial charge in [0.1, 0.15) is 0 Å². The number of nitrogens with zero attached hydrogens (tertiary/aromatic N) is 2. The molecule has 1 aliphatic carbocycles. The number of carbonyl (C=O) groups excluding carboxylic acids is 1. The Bertz CT molecular complexity index is 373. The molecule has 1 aliphatic rings. The smallest absolute Gasteiger partial charge is 0.227 e. The van der Waals surface area contributed by atoms with E-state index in [0.29, 0.717) is 12.2 Å². The van der Waals surface area contributed by atoms with Crippen molar-refractivity contribution in [2.24, 2.45) is 5.73 Å². The molecule has 0 radical (unpaired) electrons. The summed E-state index contributed by atoms with van der Waals surface area (Å²) in [7, 11) is 0. The SMILES string of the molecule is NC1(CC(=O)Nc2cccnn2)CCCCC1. The number of hydrogen-bond acceptors (Lipinski definition) is 4. The van der Waals surface area contributed by atoms with Gasteiger partial charge in [-0.3, -0.25) is 4.79 Å².